The van der Waals surface area contributed by atoms with Crippen molar-refractivity contribution in [1.29, 1.82) is 5.26 Å². The molecule has 3 atom stereocenters. The predicted molar refractivity (Wildman–Crippen MR) is 306 cm³/mol. The van der Waals surface area contributed by atoms with Gasteiger partial charge in [-0.3, -0.25) is 9.59 Å². The van der Waals surface area contributed by atoms with Crippen LogP contribution in [0.3, 0.4) is 0 Å². The molecule has 8 nitrogen and oxygen atoms in total. The van der Waals surface area contributed by atoms with Crippen LogP contribution in [0.1, 0.15) is 176 Å². The second-order valence-electron chi connectivity index (χ2n) is 24.1. The van der Waals surface area contributed by atoms with Crippen LogP contribution in [-0.2, 0) is 35.2 Å². The van der Waals surface area contributed by atoms with Crippen LogP contribution < -0.4 is 0 Å². The van der Waals surface area contributed by atoms with Crippen LogP contribution in [0.25, 0.3) is 0 Å². The maximum absolute atomic E-state index is 12.4. The molecule has 0 amide bonds. The molecule has 4 fully saturated rings. The highest BCUT2D eigenvalue weighted by atomic mass is 28.4. The van der Waals surface area contributed by atoms with Crippen molar-refractivity contribution < 1.29 is 33.4 Å². The largest absolute Gasteiger partial charge is 0.479 e. The summed E-state index contributed by atoms with van der Waals surface area (Å²) in [5.74, 6) is -0.0242. The Morgan fingerprint density at radius 1 is 0.541 bits per heavy atom. The Labute approximate surface area is 448 Å². The van der Waals surface area contributed by atoms with Gasteiger partial charge >= 0.3 is 5.97 Å². The lowest BCUT2D eigenvalue weighted by molar-refractivity contribution is -0.168. The number of nitriles is 1. The van der Waals surface area contributed by atoms with Gasteiger partial charge in [-0.05, 0) is 112 Å². The lowest BCUT2D eigenvalue weighted by Gasteiger charge is -2.47. The minimum absolute atomic E-state index is 0.0880. The zero-order valence-corrected chi connectivity index (χ0v) is 48.5. The van der Waals surface area contributed by atoms with E-state index in [0.29, 0.717) is 29.1 Å². The highest BCUT2D eigenvalue weighted by Crippen LogP contribution is 2.48. The molecule has 10 heteroatoms. The van der Waals surface area contributed by atoms with Crippen molar-refractivity contribution in [3.63, 3.8) is 0 Å². The van der Waals surface area contributed by atoms with Gasteiger partial charge in [0.2, 0.25) is 0 Å². The first-order chi connectivity index (χ1) is 35.2. The van der Waals surface area contributed by atoms with Crippen LogP contribution in [0, 0.1) is 35.0 Å². The first-order valence-electron chi connectivity index (χ1n) is 28.2. The Hall–Kier alpha value is -4.51. The fourth-order valence-electron chi connectivity index (χ4n) is 11.6. The highest BCUT2D eigenvalue weighted by Gasteiger charge is 2.50. The van der Waals surface area contributed by atoms with E-state index in [1.54, 1.807) is 24.3 Å². The molecule has 0 unspecified atom stereocenters. The molecule has 0 heterocycles. The monoisotopic (exact) mass is 1040 g/mol. The van der Waals surface area contributed by atoms with Crippen molar-refractivity contribution in [3.8, 4) is 6.07 Å². The van der Waals surface area contributed by atoms with Crippen molar-refractivity contribution in [1.82, 2.24) is 0 Å². The number of carbonyl (C=O) groups is 3. The van der Waals surface area contributed by atoms with Crippen molar-refractivity contribution in [2.45, 2.75) is 204 Å². The molecule has 0 radical (unpaired) electrons. The fourth-order valence-corrected chi connectivity index (χ4v) is 14.3. The van der Waals surface area contributed by atoms with Gasteiger partial charge in [0, 0.05) is 23.3 Å². The number of hydrogen-bond donors (Lipinski definition) is 2. The van der Waals surface area contributed by atoms with Crippen molar-refractivity contribution in [2.24, 2.45) is 23.7 Å². The van der Waals surface area contributed by atoms with E-state index in [4.69, 9.17) is 8.85 Å². The van der Waals surface area contributed by atoms with Gasteiger partial charge in [-0.2, -0.15) is 5.26 Å². The lowest BCUT2D eigenvalue weighted by atomic mass is 9.73. The number of Topliss-reactive ketones (excluding diaryl/α,β-unsaturated/α-hetero) is 1. The Balaban J connectivity index is 0.000000185. The molecule has 2 N–H and O–H groups in total. The number of nitrogens with zero attached hydrogens (tertiary/aromatic N) is 1. The summed E-state index contributed by atoms with van der Waals surface area (Å²) in [7, 11) is -3.86. The molecule has 0 saturated heterocycles. The van der Waals surface area contributed by atoms with Crippen molar-refractivity contribution in [3.05, 3.63) is 144 Å². The van der Waals surface area contributed by atoms with Gasteiger partial charge in [0.05, 0.1) is 0 Å². The summed E-state index contributed by atoms with van der Waals surface area (Å²) in [6.45, 7) is 17.7. The van der Waals surface area contributed by atoms with Gasteiger partial charge in [-0.15, -0.1) is 0 Å². The van der Waals surface area contributed by atoms with E-state index in [2.05, 4.69) is 83.8 Å². The Bertz CT molecular complexity index is 2320. The molecule has 4 aromatic carbocycles. The molecule has 0 aromatic heterocycles. The molecule has 0 bridgehead atoms. The summed E-state index contributed by atoms with van der Waals surface area (Å²) in [4.78, 5) is 35.9. The summed E-state index contributed by atoms with van der Waals surface area (Å²) in [6, 6.07) is 41.3. The maximum Gasteiger partial charge on any atom is 0.340 e. The second-order valence-corrected chi connectivity index (χ2v) is 33.2. The van der Waals surface area contributed by atoms with E-state index < -0.39 is 39.4 Å². The van der Waals surface area contributed by atoms with Crippen molar-refractivity contribution in [2.75, 3.05) is 0 Å². The third kappa shape index (κ3) is 16.0. The number of aliphatic carboxylic acids is 1. The average Bonchev–Trinajstić information content (AvgIpc) is 3.43. The van der Waals surface area contributed by atoms with Crippen LogP contribution in [0.15, 0.2) is 121 Å². The number of hydrogen-bond acceptors (Lipinski definition) is 7. The van der Waals surface area contributed by atoms with Crippen LogP contribution >= 0.6 is 0 Å². The molecule has 4 aliphatic carbocycles. The Morgan fingerprint density at radius 2 is 0.919 bits per heavy atom. The number of aldehydes is 1. The SMILES string of the molecule is CC(C)(C)[Si](C)(C)O[C@](C=O)(c1ccccc1)C1CCCCC1.C[Si](C)(C)O[C@](C#N)(c1ccccc1)C1CCCCC1.O=C(O)[C@@](O)(c1ccccc1)C1CCCCC1.O=C(c1ccccc1)C1CCCCC1. The average molecular weight is 1040 g/mol. The van der Waals surface area contributed by atoms with E-state index >= 15 is 0 Å². The molecular weight excluding hydrogens is 951 g/mol. The minimum atomic E-state index is -2.06. The first-order valence-corrected chi connectivity index (χ1v) is 34.5. The maximum atomic E-state index is 12.4. The molecule has 402 valence electrons. The van der Waals surface area contributed by atoms with E-state index in [1.807, 2.05) is 72.8 Å². The number of carboxylic acids is 1. The van der Waals surface area contributed by atoms with E-state index in [1.165, 1.54) is 57.8 Å². The normalized spacial score (nSPS) is 19.8. The third-order valence-corrected chi connectivity index (χ3v) is 22.0. The van der Waals surface area contributed by atoms with Crippen LogP contribution in [0.5, 0.6) is 0 Å². The quantitative estimate of drug-likeness (QED) is 0.0724. The fraction of sp³-hybridized carbons (Fsp3) is 0.562. The first kappa shape index (κ1) is 60.4. The van der Waals surface area contributed by atoms with Gasteiger partial charge in [0.15, 0.2) is 39.9 Å². The molecule has 4 aromatic rings. The number of aliphatic hydroxyl groups is 1. The summed E-state index contributed by atoms with van der Waals surface area (Å²) >= 11 is 0. The lowest BCUT2D eigenvalue weighted by Crippen LogP contribution is -2.52. The number of carboxylic acid groups (broad SMARTS) is 1. The van der Waals surface area contributed by atoms with Gasteiger partial charge in [0.25, 0.3) is 0 Å². The van der Waals surface area contributed by atoms with Gasteiger partial charge in [0.1, 0.15) is 11.7 Å². The van der Waals surface area contributed by atoms with Crippen LogP contribution in [-0.4, -0.2) is 44.9 Å². The number of benzene rings is 4. The summed E-state index contributed by atoms with van der Waals surface area (Å²) in [6.07, 6.45) is 23.6. The standard InChI is InChI=1S/C20H32O2Si.C17H25NOSi.C14H18O3.C13H16O/c1-19(2,3)23(4,5)22-20(16-21,17-12-8-6-9-13-17)18-14-10-7-11-15-18;1-20(2,3)19-17(14-18,15-10-6-4-7-11-15)16-12-8-5-9-13-16;15-13(16)14(17,11-7-3-1-4-8-11)12-9-5-2-6-10-12;14-13(11-7-3-1-4-8-11)12-9-5-2-6-10-12/h6,8-9,12-13,16,18H,7,10-11,14-15H2,1-5H3;4,6-7,10-11,16H,5,8-9,12-13H2,1-3H3;1,3-4,7-8,12,17H,2,5-6,9-10H2,(H,15,16);1,3-4,7-8,12H,2,5-6,9-10H2/t20-;17-;14-;/m111./s1. The molecule has 8 rings (SSSR count). The van der Waals surface area contributed by atoms with Crippen molar-refractivity contribution >= 4 is 34.7 Å². The Kier molecular flexibility index (Phi) is 22.9. The third-order valence-electron chi connectivity index (χ3n) is 16.6. The summed E-state index contributed by atoms with van der Waals surface area (Å²) in [5, 5.41) is 30.1. The summed E-state index contributed by atoms with van der Waals surface area (Å²) in [5.41, 5.74) is 0.223. The minimum Gasteiger partial charge on any atom is -0.479 e. The van der Waals surface area contributed by atoms with Crippen LogP contribution in [0.2, 0.25) is 37.8 Å². The van der Waals surface area contributed by atoms with Crippen LogP contribution in [0.4, 0.5) is 0 Å². The number of ketones is 1. The van der Waals surface area contributed by atoms with E-state index in [-0.39, 0.29) is 11.0 Å². The van der Waals surface area contributed by atoms with E-state index in [0.717, 1.165) is 93.6 Å². The molecule has 74 heavy (non-hydrogen) atoms. The molecule has 0 aliphatic heterocycles. The molecule has 0 spiro atoms. The highest BCUT2D eigenvalue weighted by molar-refractivity contribution is 6.74. The van der Waals surface area contributed by atoms with E-state index in [9.17, 15) is 29.9 Å². The van der Waals surface area contributed by atoms with Gasteiger partial charge < -0.3 is 19.1 Å². The Morgan fingerprint density at radius 3 is 1.31 bits per heavy atom. The summed E-state index contributed by atoms with van der Waals surface area (Å²) < 4.78 is 13.3. The zero-order chi connectivity index (χ0) is 53.9. The molecular formula is C64H91NO7Si2. The zero-order valence-electron chi connectivity index (χ0n) is 46.5. The molecule has 4 saturated carbocycles. The van der Waals surface area contributed by atoms with Gasteiger partial charge in [-0.1, -0.05) is 219 Å². The smallest absolute Gasteiger partial charge is 0.340 e. The molecule has 4 aliphatic rings. The second kappa shape index (κ2) is 28.0. The van der Waals surface area contributed by atoms with Gasteiger partial charge in [-0.25, -0.2) is 4.79 Å². The number of carbonyl (C=O) groups excluding carboxylic acids is 2. The predicted octanol–water partition coefficient (Wildman–Crippen LogP) is 16.5. The number of rotatable bonds is 14. The topological polar surface area (TPSA) is 134 Å².